The Labute approximate surface area is 125 Å². The minimum absolute atomic E-state index is 0.196. The molecule has 0 atom stereocenters. The second-order valence-corrected chi connectivity index (χ2v) is 8.73. The number of rotatable bonds is 4. The summed E-state index contributed by atoms with van der Waals surface area (Å²) in [5.41, 5.74) is 1.18. The van der Waals surface area contributed by atoms with Crippen molar-refractivity contribution in [2.75, 3.05) is 5.75 Å². The molecule has 0 saturated heterocycles. The predicted molar refractivity (Wildman–Crippen MR) is 83.2 cm³/mol. The van der Waals surface area contributed by atoms with Crippen LogP contribution in [0.1, 0.15) is 11.4 Å². The molecule has 106 valence electrons. The van der Waals surface area contributed by atoms with Crippen molar-refractivity contribution in [1.29, 1.82) is 0 Å². The number of benzene rings is 1. The van der Waals surface area contributed by atoms with E-state index in [0.29, 0.717) is 13.0 Å². The number of aromatic nitrogens is 1. The van der Waals surface area contributed by atoms with Crippen LogP contribution < -0.4 is 4.57 Å². The molecule has 1 aromatic carbocycles. The third-order valence-corrected chi connectivity index (χ3v) is 6.37. The fourth-order valence-electron chi connectivity index (χ4n) is 2.36. The van der Waals surface area contributed by atoms with Crippen molar-refractivity contribution < 1.29 is 17.5 Å². The Bertz CT molecular complexity index is 877. The molecule has 0 radical (unpaired) electrons. The Balaban J connectivity index is 2.03. The highest BCUT2D eigenvalue weighted by atomic mass is 32.2. The molecule has 7 heteroatoms. The number of hydrogen-bond acceptors (Lipinski definition) is 4. The van der Waals surface area contributed by atoms with Gasteiger partial charge in [-0.1, -0.05) is 23.5 Å². The molecular formula is C13H14NO3S3+. The van der Waals surface area contributed by atoms with Gasteiger partial charge in [0, 0.05) is 18.0 Å². The van der Waals surface area contributed by atoms with Crippen LogP contribution in [0.3, 0.4) is 0 Å². The lowest BCUT2D eigenvalue weighted by atomic mass is 10.2. The zero-order valence-corrected chi connectivity index (χ0v) is 13.3. The van der Waals surface area contributed by atoms with E-state index in [9.17, 15) is 8.42 Å². The molecular weight excluding hydrogens is 314 g/mol. The third-order valence-electron chi connectivity index (χ3n) is 3.21. The zero-order valence-electron chi connectivity index (χ0n) is 10.9. The van der Waals surface area contributed by atoms with Crippen LogP contribution in [0.25, 0.3) is 19.6 Å². The van der Waals surface area contributed by atoms with Crippen molar-refractivity contribution in [2.45, 2.75) is 19.9 Å². The van der Waals surface area contributed by atoms with Crippen LogP contribution >= 0.6 is 22.7 Å². The molecule has 4 nitrogen and oxygen atoms in total. The van der Waals surface area contributed by atoms with Gasteiger partial charge >= 0.3 is 0 Å². The molecule has 1 N–H and O–H groups in total. The summed E-state index contributed by atoms with van der Waals surface area (Å²) >= 11 is 3.50. The molecule has 0 aliphatic carbocycles. The van der Waals surface area contributed by atoms with Crippen LogP contribution in [-0.2, 0) is 16.7 Å². The van der Waals surface area contributed by atoms with Crippen LogP contribution in [-0.4, -0.2) is 18.7 Å². The van der Waals surface area contributed by atoms with Gasteiger partial charge in [-0.3, -0.25) is 4.55 Å². The maximum atomic E-state index is 10.8. The summed E-state index contributed by atoms with van der Waals surface area (Å²) in [5.74, 6) is -0.196. The predicted octanol–water partition coefficient (Wildman–Crippen LogP) is 2.99. The molecule has 0 aliphatic heterocycles. The van der Waals surface area contributed by atoms with Crippen molar-refractivity contribution in [3.05, 3.63) is 29.3 Å². The highest BCUT2D eigenvalue weighted by Gasteiger charge is 2.22. The van der Waals surface area contributed by atoms with Gasteiger partial charge in [-0.05, 0) is 12.1 Å². The number of hydrogen-bond donors (Lipinski definition) is 1. The van der Waals surface area contributed by atoms with Crippen LogP contribution in [0, 0.1) is 6.92 Å². The minimum atomic E-state index is -3.88. The van der Waals surface area contributed by atoms with Gasteiger partial charge in [0.2, 0.25) is 10.5 Å². The van der Waals surface area contributed by atoms with Crippen molar-refractivity contribution in [3.63, 3.8) is 0 Å². The molecule has 3 rings (SSSR count). The molecule has 0 fully saturated rings. The van der Waals surface area contributed by atoms with E-state index in [1.165, 1.54) is 19.6 Å². The van der Waals surface area contributed by atoms with E-state index in [4.69, 9.17) is 4.55 Å². The van der Waals surface area contributed by atoms with E-state index < -0.39 is 10.1 Å². The highest BCUT2D eigenvalue weighted by molar-refractivity contribution is 7.85. The standard InChI is InChI=1S/C13H13NO3S3/c1-9-14(7-4-8-20(15,16)17)12-10-5-2-3-6-11(10)19-13(12)18-9/h2-3,5-6H,4,7-8H2,1H3/p+1. The Morgan fingerprint density at radius 2 is 2.00 bits per heavy atom. The molecule has 2 aromatic heterocycles. The molecule has 2 heterocycles. The summed E-state index contributed by atoms with van der Waals surface area (Å²) in [6.07, 6.45) is 0.417. The Hall–Kier alpha value is -1.02. The first-order chi connectivity index (χ1) is 9.46. The zero-order chi connectivity index (χ0) is 14.3. The molecule has 0 bridgehead atoms. The third kappa shape index (κ3) is 2.58. The fraction of sp³-hybridized carbons (Fsp3) is 0.308. The summed E-state index contributed by atoms with van der Waals surface area (Å²) < 4.78 is 35.1. The van der Waals surface area contributed by atoms with Crippen molar-refractivity contribution in [1.82, 2.24) is 0 Å². The summed E-state index contributed by atoms with van der Waals surface area (Å²) in [7, 11) is -3.88. The monoisotopic (exact) mass is 328 g/mol. The number of thiazole rings is 1. The lowest BCUT2D eigenvalue weighted by Gasteiger charge is -1.97. The van der Waals surface area contributed by atoms with Crippen molar-refractivity contribution in [3.8, 4) is 0 Å². The second-order valence-electron chi connectivity index (χ2n) is 4.65. The van der Waals surface area contributed by atoms with Crippen LogP contribution in [0.15, 0.2) is 24.3 Å². The number of thiophene rings is 1. The van der Waals surface area contributed by atoms with Crippen molar-refractivity contribution in [2.24, 2.45) is 0 Å². The van der Waals surface area contributed by atoms with Gasteiger partial charge in [-0.2, -0.15) is 13.0 Å². The largest absolute Gasteiger partial charge is 0.286 e. The average Bonchev–Trinajstić information content (AvgIpc) is 2.84. The van der Waals surface area contributed by atoms with E-state index in [1.807, 2.05) is 19.1 Å². The first kappa shape index (κ1) is 13.9. The smallest absolute Gasteiger partial charge is 0.265 e. The molecule has 3 aromatic rings. The normalized spacial score (nSPS) is 12.5. The maximum Gasteiger partial charge on any atom is 0.265 e. The highest BCUT2D eigenvalue weighted by Crippen LogP contribution is 2.35. The van der Waals surface area contributed by atoms with Gasteiger partial charge in [0.1, 0.15) is 0 Å². The average molecular weight is 328 g/mol. The molecule has 20 heavy (non-hydrogen) atoms. The molecule has 0 aliphatic rings. The summed E-state index contributed by atoms with van der Waals surface area (Å²) in [6.45, 7) is 2.64. The Morgan fingerprint density at radius 3 is 2.75 bits per heavy atom. The summed E-state index contributed by atoms with van der Waals surface area (Å²) in [5, 5.41) is 2.37. The second kappa shape index (κ2) is 5.07. The fourth-order valence-corrected chi connectivity index (χ4v) is 5.46. The van der Waals surface area contributed by atoms with Gasteiger partial charge < -0.3 is 0 Å². The Kier molecular flexibility index (Phi) is 3.53. The van der Waals surface area contributed by atoms with Gasteiger partial charge in [0.15, 0.2) is 10.6 Å². The van der Waals surface area contributed by atoms with Crippen LogP contribution in [0.2, 0.25) is 0 Å². The van der Waals surface area contributed by atoms with E-state index in [-0.39, 0.29) is 5.75 Å². The number of nitrogens with zero attached hydrogens (tertiary/aromatic N) is 1. The lowest BCUT2D eigenvalue weighted by molar-refractivity contribution is -0.672. The SMILES string of the molecule is Cc1sc2sc3ccccc3c2[n+]1CCCS(=O)(=O)O. The summed E-state index contributed by atoms with van der Waals surface area (Å²) in [6, 6.07) is 8.24. The number of aryl methyl sites for hydroxylation is 2. The van der Waals surface area contributed by atoms with Gasteiger partial charge in [-0.25, -0.2) is 0 Å². The van der Waals surface area contributed by atoms with Gasteiger partial charge in [-0.15, -0.1) is 11.3 Å². The first-order valence-corrected chi connectivity index (χ1v) is 9.45. The van der Waals surface area contributed by atoms with Gasteiger partial charge in [0.25, 0.3) is 10.1 Å². The number of fused-ring (bicyclic) bond motifs is 3. The molecule has 0 saturated carbocycles. The van der Waals surface area contributed by atoms with E-state index >= 15 is 0 Å². The quantitative estimate of drug-likeness (QED) is 0.592. The van der Waals surface area contributed by atoms with E-state index in [1.54, 1.807) is 22.7 Å². The van der Waals surface area contributed by atoms with E-state index in [2.05, 4.69) is 16.7 Å². The maximum absolute atomic E-state index is 10.8. The van der Waals surface area contributed by atoms with E-state index in [0.717, 1.165) is 5.01 Å². The molecule has 0 unspecified atom stereocenters. The molecule has 0 spiro atoms. The first-order valence-electron chi connectivity index (χ1n) is 6.21. The molecule has 0 amide bonds. The lowest BCUT2D eigenvalue weighted by Crippen LogP contribution is -2.35. The van der Waals surface area contributed by atoms with Crippen molar-refractivity contribution >= 4 is 52.4 Å². The van der Waals surface area contributed by atoms with Gasteiger partial charge in [0.05, 0.1) is 11.1 Å². The van der Waals surface area contributed by atoms with Crippen LogP contribution in [0.5, 0.6) is 0 Å². The summed E-state index contributed by atoms with van der Waals surface area (Å²) in [4.78, 5) is 0. The topological polar surface area (TPSA) is 58.2 Å². The van der Waals surface area contributed by atoms with Crippen LogP contribution in [0.4, 0.5) is 0 Å². The Morgan fingerprint density at radius 1 is 1.25 bits per heavy atom. The minimum Gasteiger partial charge on any atom is -0.286 e.